The summed E-state index contributed by atoms with van der Waals surface area (Å²) in [5.41, 5.74) is 14.7. The highest BCUT2D eigenvalue weighted by atomic mass is 16.3. The van der Waals surface area contributed by atoms with Crippen molar-refractivity contribution in [2.45, 2.75) is 0 Å². The maximum Gasteiger partial charge on any atom is 0.161 e. The third-order valence-corrected chi connectivity index (χ3v) is 12.7. The van der Waals surface area contributed by atoms with Gasteiger partial charge in [-0.05, 0) is 93.0 Å². The average Bonchev–Trinajstić information content (AvgIpc) is 3.79. The first-order valence-corrected chi connectivity index (χ1v) is 22.2. The van der Waals surface area contributed by atoms with E-state index in [1.54, 1.807) is 0 Å². The first kappa shape index (κ1) is 38.0. The molecule has 12 rings (SSSR count). The molecule has 0 radical (unpaired) electrons. The number of hydrogen-bond acceptors (Lipinski definition) is 3. The summed E-state index contributed by atoms with van der Waals surface area (Å²) in [4.78, 5) is 4.80. The summed E-state index contributed by atoms with van der Waals surface area (Å²) in [5.74, 6) is 0. The lowest BCUT2D eigenvalue weighted by atomic mass is 9.96. The van der Waals surface area contributed by atoms with Crippen LogP contribution in [-0.4, -0.2) is 0 Å². The van der Waals surface area contributed by atoms with Crippen LogP contribution in [0.25, 0.3) is 76.9 Å². The van der Waals surface area contributed by atoms with Gasteiger partial charge in [0.05, 0.1) is 28.1 Å². The molecule has 0 aliphatic carbocycles. The molecule has 1 heterocycles. The molecule has 0 unspecified atom stereocenters. The van der Waals surface area contributed by atoms with E-state index < -0.39 is 0 Å². The van der Waals surface area contributed by atoms with E-state index in [0.717, 1.165) is 89.1 Å². The molecule has 0 amide bonds. The van der Waals surface area contributed by atoms with Gasteiger partial charge in [0.2, 0.25) is 0 Å². The van der Waals surface area contributed by atoms with Crippen LogP contribution in [0.1, 0.15) is 0 Å². The normalized spacial score (nSPS) is 11.4. The topological polar surface area (TPSA) is 19.6 Å². The molecule has 0 aliphatic heterocycles. The van der Waals surface area contributed by atoms with Crippen LogP contribution in [0.15, 0.2) is 259 Å². The van der Waals surface area contributed by atoms with Crippen LogP contribution >= 0.6 is 0 Å². The molecule has 3 nitrogen and oxygen atoms in total. The summed E-state index contributed by atoms with van der Waals surface area (Å²) >= 11 is 0. The summed E-state index contributed by atoms with van der Waals surface area (Å²) in [6.07, 6.45) is 0. The number of para-hydroxylation sites is 3. The van der Waals surface area contributed by atoms with Crippen molar-refractivity contribution >= 4 is 77.6 Å². The standard InChI is InChI=1S/C62H42N2O/c1-4-19-43(20-5-1)44-35-38-49(39-36-44)63(56-33-16-14-29-51(56)46-21-6-2-7-22-46)58-41-42-59(62-60(58)55-40-37-47-24-11-13-30-52(47)61(55)65-62)64(48-26-8-3-9-27-48)57-34-17-15-31-54(57)53-32-18-25-45-23-10-12-28-50(45)53/h1-42H. The molecular formula is C62H42N2O. The highest BCUT2D eigenvalue weighted by Gasteiger charge is 2.28. The summed E-state index contributed by atoms with van der Waals surface area (Å²) in [7, 11) is 0. The maximum absolute atomic E-state index is 7.42. The Bertz CT molecular complexity index is 3650. The molecule has 65 heavy (non-hydrogen) atoms. The van der Waals surface area contributed by atoms with E-state index in [0.29, 0.717) is 0 Å². The number of hydrogen-bond donors (Lipinski definition) is 0. The van der Waals surface area contributed by atoms with Gasteiger partial charge in [-0.25, -0.2) is 0 Å². The van der Waals surface area contributed by atoms with Crippen LogP contribution in [0.4, 0.5) is 34.1 Å². The van der Waals surface area contributed by atoms with Crippen molar-refractivity contribution in [2.75, 3.05) is 9.80 Å². The molecule has 306 valence electrons. The molecule has 1 aromatic heterocycles. The number of anilines is 6. The van der Waals surface area contributed by atoms with Gasteiger partial charge >= 0.3 is 0 Å². The van der Waals surface area contributed by atoms with E-state index >= 15 is 0 Å². The molecular weight excluding hydrogens is 789 g/mol. The van der Waals surface area contributed by atoms with Crippen LogP contribution in [0.2, 0.25) is 0 Å². The largest absolute Gasteiger partial charge is 0.453 e. The van der Waals surface area contributed by atoms with Gasteiger partial charge in [-0.15, -0.1) is 0 Å². The number of fused-ring (bicyclic) bond motifs is 6. The second-order valence-corrected chi connectivity index (χ2v) is 16.4. The second-order valence-electron chi connectivity index (χ2n) is 16.4. The van der Waals surface area contributed by atoms with Gasteiger partial charge in [0.1, 0.15) is 5.58 Å². The van der Waals surface area contributed by atoms with Gasteiger partial charge in [-0.1, -0.05) is 200 Å². The molecule has 12 aromatic rings. The minimum atomic E-state index is 0.800. The molecule has 0 spiro atoms. The van der Waals surface area contributed by atoms with E-state index in [1.165, 1.54) is 21.9 Å². The van der Waals surface area contributed by atoms with Crippen LogP contribution < -0.4 is 9.80 Å². The fourth-order valence-corrected chi connectivity index (χ4v) is 9.65. The Balaban J connectivity index is 1.16. The van der Waals surface area contributed by atoms with Gasteiger partial charge < -0.3 is 14.2 Å². The smallest absolute Gasteiger partial charge is 0.161 e. The number of nitrogens with zero attached hydrogens (tertiary/aromatic N) is 2. The Kier molecular flexibility index (Phi) is 9.50. The Hall–Kier alpha value is -8.66. The van der Waals surface area contributed by atoms with Crippen molar-refractivity contribution in [3.05, 3.63) is 255 Å². The minimum Gasteiger partial charge on any atom is -0.453 e. The first-order valence-electron chi connectivity index (χ1n) is 22.2. The average molecular weight is 831 g/mol. The second kappa shape index (κ2) is 16.2. The van der Waals surface area contributed by atoms with E-state index in [4.69, 9.17) is 4.42 Å². The first-order chi connectivity index (χ1) is 32.3. The summed E-state index contributed by atoms with van der Waals surface area (Å²) in [6.45, 7) is 0. The van der Waals surface area contributed by atoms with Crippen molar-refractivity contribution in [2.24, 2.45) is 0 Å². The van der Waals surface area contributed by atoms with Crippen molar-refractivity contribution in [3.63, 3.8) is 0 Å². The van der Waals surface area contributed by atoms with E-state index in [9.17, 15) is 0 Å². The Morgan fingerprint density at radius 3 is 1.48 bits per heavy atom. The summed E-state index contributed by atoms with van der Waals surface area (Å²) in [6, 6.07) is 91.2. The zero-order chi connectivity index (χ0) is 43.1. The third-order valence-electron chi connectivity index (χ3n) is 12.7. The fourth-order valence-electron chi connectivity index (χ4n) is 9.65. The molecule has 0 fully saturated rings. The SMILES string of the molecule is c1ccc(-c2ccc(N(c3ccccc3-c3ccccc3)c3ccc(N(c4ccccc4)c4ccccc4-c4cccc5ccccc45)c4oc5c6ccccc6ccc5c34)cc2)cc1. The van der Waals surface area contributed by atoms with Crippen LogP contribution in [-0.2, 0) is 0 Å². The van der Waals surface area contributed by atoms with Gasteiger partial charge in [0.15, 0.2) is 5.58 Å². The molecule has 0 saturated heterocycles. The highest BCUT2D eigenvalue weighted by Crippen LogP contribution is 2.52. The van der Waals surface area contributed by atoms with Gasteiger partial charge in [-0.3, -0.25) is 0 Å². The molecule has 0 N–H and O–H groups in total. The Morgan fingerprint density at radius 1 is 0.246 bits per heavy atom. The highest BCUT2D eigenvalue weighted by molar-refractivity contribution is 6.23. The quantitative estimate of drug-likeness (QED) is 0.144. The molecule has 11 aromatic carbocycles. The zero-order valence-corrected chi connectivity index (χ0v) is 35.6. The molecule has 0 bridgehead atoms. The lowest BCUT2D eigenvalue weighted by molar-refractivity contribution is 0.673. The number of rotatable bonds is 9. The van der Waals surface area contributed by atoms with Crippen molar-refractivity contribution in [1.29, 1.82) is 0 Å². The molecule has 3 heteroatoms. The summed E-state index contributed by atoms with van der Waals surface area (Å²) in [5, 5.41) is 6.69. The number of furan rings is 1. The van der Waals surface area contributed by atoms with Crippen LogP contribution in [0.3, 0.4) is 0 Å². The maximum atomic E-state index is 7.42. The van der Waals surface area contributed by atoms with Crippen LogP contribution in [0.5, 0.6) is 0 Å². The van der Waals surface area contributed by atoms with E-state index in [1.807, 2.05) is 0 Å². The van der Waals surface area contributed by atoms with E-state index in [2.05, 4.69) is 265 Å². The predicted octanol–water partition coefficient (Wildman–Crippen LogP) is 17.8. The van der Waals surface area contributed by atoms with Crippen LogP contribution in [0, 0.1) is 0 Å². The Morgan fingerprint density at radius 2 is 0.738 bits per heavy atom. The van der Waals surface area contributed by atoms with Crippen molar-refractivity contribution in [3.8, 4) is 33.4 Å². The lowest BCUT2D eigenvalue weighted by Crippen LogP contribution is -2.14. The molecule has 0 atom stereocenters. The van der Waals surface area contributed by atoms with Gasteiger partial charge in [-0.2, -0.15) is 0 Å². The monoisotopic (exact) mass is 830 g/mol. The zero-order valence-electron chi connectivity index (χ0n) is 35.6. The minimum absolute atomic E-state index is 0.800. The van der Waals surface area contributed by atoms with Crippen molar-refractivity contribution < 1.29 is 4.42 Å². The molecule has 0 aliphatic rings. The summed E-state index contributed by atoms with van der Waals surface area (Å²) < 4.78 is 7.42. The van der Waals surface area contributed by atoms with Gasteiger partial charge in [0, 0.05) is 33.3 Å². The van der Waals surface area contributed by atoms with E-state index in [-0.39, 0.29) is 0 Å². The number of benzene rings is 11. The lowest BCUT2D eigenvalue weighted by Gasteiger charge is -2.31. The predicted molar refractivity (Wildman–Crippen MR) is 274 cm³/mol. The Labute approximate surface area is 378 Å². The fraction of sp³-hybridized carbons (Fsp3) is 0. The van der Waals surface area contributed by atoms with Crippen molar-refractivity contribution in [1.82, 2.24) is 0 Å². The van der Waals surface area contributed by atoms with Gasteiger partial charge in [0.25, 0.3) is 0 Å². The molecule has 0 saturated carbocycles. The third kappa shape index (κ3) is 6.70.